The Kier molecular flexibility index (Phi) is 4.42. The Morgan fingerprint density at radius 1 is 1.15 bits per heavy atom. The van der Waals surface area contributed by atoms with Crippen LogP contribution in [0.25, 0.3) is 0 Å². The summed E-state index contributed by atoms with van der Waals surface area (Å²) in [5.74, 6) is -6.90. The van der Waals surface area contributed by atoms with Crippen LogP contribution in [0.4, 0.5) is 17.6 Å². The minimum Gasteiger partial charge on any atom is -0.743 e. The van der Waals surface area contributed by atoms with Gasteiger partial charge < -0.3 is 9.29 Å². The van der Waals surface area contributed by atoms with Gasteiger partial charge in [0.05, 0.1) is 6.61 Å². The van der Waals surface area contributed by atoms with Gasteiger partial charge in [-0.3, -0.25) is 9.59 Å². The molecular weight excluding hydrogens is 384 g/mol. The van der Waals surface area contributed by atoms with E-state index in [9.17, 15) is 40.1 Å². The van der Waals surface area contributed by atoms with Gasteiger partial charge in [-0.25, -0.2) is 8.42 Å². The number of halogens is 4. The molecule has 6 nitrogen and oxygen atoms in total. The van der Waals surface area contributed by atoms with Crippen LogP contribution >= 0.6 is 0 Å². The van der Waals surface area contributed by atoms with E-state index in [0.29, 0.717) is 25.2 Å². The predicted molar refractivity (Wildman–Crippen MR) is 76.2 cm³/mol. The van der Waals surface area contributed by atoms with E-state index in [1.54, 1.807) is 0 Å². The normalized spacial score (nSPS) is 34.2. The van der Waals surface area contributed by atoms with Crippen molar-refractivity contribution in [3.63, 3.8) is 0 Å². The second kappa shape index (κ2) is 5.88. The van der Waals surface area contributed by atoms with E-state index < -0.39 is 39.1 Å². The molecule has 26 heavy (non-hydrogen) atoms. The van der Waals surface area contributed by atoms with Gasteiger partial charge in [-0.15, -0.1) is 0 Å². The van der Waals surface area contributed by atoms with E-state index in [2.05, 4.69) is 0 Å². The number of hydrogen-bond acceptors (Lipinski definition) is 6. The Morgan fingerprint density at radius 3 is 2.19 bits per heavy atom. The van der Waals surface area contributed by atoms with E-state index >= 15 is 0 Å². The Balaban J connectivity index is 1.62. The number of rotatable bonds is 6. The summed E-state index contributed by atoms with van der Waals surface area (Å²) >= 11 is 0. The van der Waals surface area contributed by atoms with Gasteiger partial charge in [-0.2, -0.15) is 17.6 Å². The maximum absolute atomic E-state index is 13.4. The van der Waals surface area contributed by atoms with Crippen molar-refractivity contribution in [2.45, 2.75) is 49.7 Å². The first-order chi connectivity index (χ1) is 11.8. The fraction of sp³-hybridized carbons (Fsp3) is 0.867. The van der Waals surface area contributed by atoms with Crippen molar-refractivity contribution in [3.05, 3.63) is 0 Å². The third-order valence-corrected chi connectivity index (χ3v) is 6.69. The maximum atomic E-state index is 13.4. The average Bonchev–Trinajstić information content (AvgIpc) is 2.48. The van der Waals surface area contributed by atoms with Gasteiger partial charge in [0, 0.05) is 17.3 Å². The summed E-state index contributed by atoms with van der Waals surface area (Å²) in [6.07, 6.45) is 0.906. The van der Waals surface area contributed by atoms with Crippen LogP contribution < -0.4 is 0 Å². The van der Waals surface area contributed by atoms with Crippen LogP contribution in [0.15, 0.2) is 0 Å². The van der Waals surface area contributed by atoms with E-state index in [-0.39, 0.29) is 24.2 Å². The molecule has 2 unspecified atom stereocenters. The number of ketones is 1. The van der Waals surface area contributed by atoms with Gasteiger partial charge in [-0.05, 0) is 38.0 Å². The van der Waals surface area contributed by atoms with Gasteiger partial charge in [-0.1, -0.05) is 0 Å². The van der Waals surface area contributed by atoms with E-state index in [1.165, 1.54) is 0 Å². The molecule has 0 aromatic rings. The van der Waals surface area contributed by atoms with Crippen LogP contribution in [-0.4, -0.2) is 42.5 Å². The van der Waals surface area contributed by atoms with E-state index in [1.807, 2.05) is 0 Å². The molecule has 11 heteroatoms. The molecule has 148 valence electrons. The molecule has 4 bridgehead atoms. The van der Waals surface area contributed by atoms with Gasteiger partial charge in [0.1, 0.15) is 12.2 Å². The highest BCUT2D eigenvalue weighted by molar-refractivity contribution is 7.86. The van der Waals surface area contributed by atoms with Crippen molar-refractivity contribution >= 4 is 21.9 Å². The van der Waals surface area contributed by atoms with Gasteiger partial charge in [0.25, 0.3) is 0 Å². The first-order valence-corrected chi connectivity index (χ1v) is 9.58. The number of alkyl halides is 4. The minimum atomic E-state index is -6.64. The molecule has 4 rings (SSSR count). The summed E-state index contributed by atoms with van der Waals surface area (Å²) < 4.78 is 88.7. The van der Waals surface area contributed by atoms with Crippen molar-refractivity contribution in [2.75, 3.05) is 6.61 Å². The summed E-state index contributed by atoms with van der Waals surface area (Å²) in [6, 6.07) is 0. The smallest absolute Gasteiger partial charge is 0.396 e. The molecule has 0 radical (unpaired) electrons. The van der Waals surface area contributed by atoms with Crippen molar-refractivity contribution < 1.29 is 44.9 Å². The van der Waals surface area contributed by atoms with E-state index in [0.717, 1.165) is 12.8 Å². The number of carbonyl (C=O) groups is 2. The first kappa shape index (κ1) is 19.5. The topological polar surface area (TPSA) is 101 Å². The molecule has 0 saturated heterocycles. The lowest BCUT2D eigenvalue weighted by Gasteiger charge is -2.55. The summed E-state index contributed by atoms with van der Waals surface area (Å²) in [7, 11) is -6.64. The largest absolute Gasteiger partial charge is 0.743 e. The zero-order chi connectivity index (χ0) is 19.5. The lowest BCUT2D eigenvalue weighted by Crippen LogP contribution is -2.53. The van der Waals surface area contributed by atoms with Crippen LogP contribution in [0.2, 0.25) is 0 Å². The summed E-state index contributed by atoms with van der Waals surface area (Å²) in [4.78, 5) is 23.7. The van der Waals surface area contributed by atoms with Crippen molar-refractivity contribution in [3.8, 4) is 0 Å². The second-order valence-corrected chi connectivity index (χ2v) is 9.18. The molecule has 0 spiro atoms. The second-order valence-electron chi connectivity index (χ2n) is 7.76. The van der Waals surface area contributed by atoms with E-state index in [4.69, 9.17) is 4.74 Å². The van der Waals surface area contributed by atoms with Crippen LogP contribution in [0, 0.1) is 23.2 Å². The Morgan fingerprint density at radius 2 is 1.69 bits per heavy atom. The van der Waals surface area contributed by atoms with Crippen molar-refractivity contribution in [2.24, 2.45) is 23.2 Å². The fourth-order valence-corrected chi connectivity index (χ4v) is 5.28. The predicted octanol–water partition coefficient (Wildman–Crippen LogP) is 2.09. The average molecular weight is 401 g/mol. The molecule has 2 atom stereocenters. The zero-order valence-electron chi connectivity index (χ0n) is 13.6. The van der Waals surface area contributed by atoms with Crippen molar-refractivity contribution in [1.82, 2.24) is 0 Å². The molecular formula is C15H17F4O6S-. The number of esters is 1. The van der Waals surface area contributed by atoms with Crippen LogP contribution in [-0.2, 0) is 24.4 Å². The minimum absolute atomic E-state index is 0.142. The third-order valence-electron chi connectivity index (χ3n) is 5.77. The number of ether oxygens (including phenoxy) is 1. The quantitative estimate of drug-likeness (QED) is 0.384. The highest BCUT2D eigenvalue weighted by atomic mass is 32.2. The Hall–Kier alpha value is -1.23. The zero-order valence-corrected chi connectivity index (χ0v) is 14.4. The highest BCUT2D eigenvalue weighted by Crippen LogP contribution is 2.58. The molecule has 0 aromatic heterocycles. The monoisotopic (exact) mass is 401 g/mol. The van der Waals surface area contributed by atoms with Crippen LogP contribution in [0.1, 0.15) is 38.5 Å². The maximum Gasteiger partial charge on any atom is 0.396 e. The molecule has 0 heterocycles. The number of Topliss-reactive ketones (excluding diaryl/α,β-unsaturated/α-hetero) is 1. The van der Waals surface area contributed by atoms with Gasteiger partial charge in [0.2, 0.25) is 0 Å². The molecule has 0 aromatic carbocycles. The lowest BCUT2D eigenvalue weighted by atomic mass is 9.49. The van der Waals surface area contributed by atoms with Crippen LogP contribution in [0.5, 0.6) is 0 Å². The summed E-state index contributed by atoms with van der Waals surface area (Å²) in [5, 5.41) is -5.91. The molecule has 0 amide bonds. The van der Waals surface area contributed by atoms with Crippen molar-refractivity contribution in [1.29, 1.82) is 0 Å². The lowest BCUT2D eigenvalue weighted by molar-refractivity contribution is -0.187. The Bertz CT molecular complexity index is 716. The van der Waals surface area contributed by atoms with Crippen LogP contribution in [0.3, 0.4) is 0 Å². The highest BCUT2D eigenvalue weighted by Gasteiger charge is 2.63. The molecule has 4 aliphatic carbocycles. The molecule has 4 saturated carbocycles. The summed E-state index contributed by atoms with van der Waals surface area (Å²) in [5.41, 5.74) is -0.525. The fourth-order valence-electron chi connectivity index (χ4n) is 4.84. The molecule has 4 aliphatic rings. The molecule has 4 fully saturated rings. The SMILES string of the molecule is O=C(CC(F)(F)C(F)(F)S(=O)(=O)[O-])OCC12CC3CC(C1)C(=O)C(C3)C2. The standard InChI is InChI=1S/C15H18F4O6S/c16-14(17,15(18,19)26(22,23)24)6-11(20)25-7-13-3-8-1-9(4-13)12(21)10(2-8)5-13/h8-10H,1-7H2,(H,22,23,24)/p-1. The van der Waals surface area contributed by atoms with Gasteiger partial charge >= 0.3 is 17.1 Å². The number of hydrogen-bond donors (Lipinski definition) is 0. The third kappa shape index (κ3) is 3.12. The molecule has 0 aliphatic heterocycles. The number of carbonyl (C=O) groups excluding carboxylic acids is 2. The molecule has 0 N–H and O–H groups in total. The first-order valence-electron chi connectivity index (χ1n) is 8.17. The Labute approximate surface area is 147 Å². The van der Waals surface area contributed by atoms with Gasteiger partial charge in [0.15, 0.2) is 10.1 Å². The summed E-state index contributed by atoms with van der Waals surface area (Å²) in [6.45, 7) is -0.283.